The first-order chi connectivity index (χ1) is 9.50. The van der Waals surface area contributed by atoms with Crippen molar-refractivity contribution in [3.63, 3.8) is 0 Å². The first-order valence-corrected chi connectivity index (χ1v) is 8.05. The maximum atomic E-state index is 11.8. The molecular weight excluding hydrogens is 278 g/mol. The molecule has 7 heteroatoms. The molecule has 20 heavy (non-hydrogen) atoms. The largest absolute Gasteiger partial charge is 0.477 e. The van der Waals surface area contributed by atoms with E-state index < -0.39 is 12.0 Å². The van der Waals surface area contributed by atoms with Crippen LogP contribution in [0.2, 0.25) is 0 Å². The van der Waals surface area contributed by atoms with Gasteiger partial charge in [-0.25, -0.2) is 4.79 Å². The fourth-order valence-electron chi connectivity index (χ4n) is 3.34. The van der Waals surface area contributed by atoms with Crippen LogP contribution < -0.4 is 10.6 Å². The van der Waals surface area contributed by atoms with Gasteiger partial charge in [-0.05, 0) is 6.92 Å². The molecule has 0 radical (unpaired) electrons. The van der Waals surface area contributed by atoms with Crippen LogP contribution in [0.25, 0.3) is 0 Å². The van der Waals surface area contributed by atoms with Crippen LogP contribution in [0.5, 0.6) is 0 Å². The maximum Gasteiger partial charge on any atom is 0.352 e. The van der Waals surface area contributed by atoms with Gasteiger partial charge in [-0.1, -0.05) is 0 Å². The van der Waals surface area contributed by atoms with Gasteiger partial charge in [0.15, 0.2) is 0 Å². The number of rotatable bonds is 3. The number of aliphatic carboxylic acids is 1. The summed E-state index contributed by atoms with van der Waals surface area (Å²) in [6.45, 7) is 4.01. The second kappa shape index (κ2) is 5.05. The summed E-state index contributed by atoms with van der Waals surface area (Å²) in [6.07, 6.45) is 2.38. The molecule has 6 nitrogen and oxygen atoms in total. The number of nitrogens with zero attached hydrogens (tertiary/aromatic N) is 1. The van der Waals surface area contributed by atoms with Crippen molar-refractivity contribution in [2.24, 2.45) is 5.73 Å². The van der Waals surface area contributed by atoms with Crippen LogP contribution in [-0.4, -0.2) is 58.2 Å². The summed E-state index contributed by atoms with van der Waals surface area (Å²) < 4.78 is 0. The minimum Gasteiger partial charge on any atom is -0.477 e. The van der Waals surface area contributed by atoms with Gasteiger partial charge in [0.1, 0.15) is 23.7 Å². The number of thioether (sulfide) groups is 1. The number of carbonyl (C=O) groups excluding carboxylic acids is 1. The van der Waals surface area contributed by atoms with Crippen LogP contribution in [0, 0.1) is 0 Å². The molecule has 3 unspecified atom stereocenters. The number of fused-ring (bicyclic) bond motifs is 1. The Labute approximate surface area is 122 Å². The number of likely N-dealkylation sites (tertiary alicyclic amines) is 1. The molecule has 2 saturated heterocycles. The lowest BCUT2D eigenvalue weighted by Crippen LogP contribution is -3.13. The van der Waals surface area contributed by atoms with Gasteiger partial charge in [0.05, 0.1) is 12.6 Å². The first kappa shape index (κ1) is 13.9. The second-order valence-electron chi connectivity index (χ2n) is 5.82. The third-order valence-electron chi connectivity index (χ3n) is 4.56. The highest BCUT2D eigenvalue weighted by Gasteiger charge is 2.52. The lowest BCUT2D eigenvalue weighted by molar-refractivity contribution is -0.905. The van der Waals surface area contributed by atoms with Gasteiger partial charge in [0.25, 0.3) is 0 Å². The van der Waals surface area contributed by atoms with Crippen molar-refractivity contribution in [3.8, 4) is 0 Å². The van der Waals surface area contributed by atoms with E-state index in [0.29, 0.717) is 11.8 Å². The number of carbonyl (C=O) groups is 2. The van der Waals surface area contributed by atoms with Crippen LogP contribution in [-0.2, 0) is 9.59 Å². The molecule has 0 aromatic carbocycles. The van der Waals surface area contributed by atoms with E-state index in [1.165, 1.54) is 22.6 Å². The topological polar surface area (TPSA) is 88.1 Å². The average molecular weight is 298 g/mol. The molecule has 0 aromatic rings. The zero-order valence-electron chi connectivity index (χ0n) is 11.5. The number of nitrogens with one attached hydrogen (secondary N) is 1. The highest BCUT2D eigenvalue weighted by molar-refractivity contribution is 8.00. The van der Waals surface area contributed by atoms with E-state index in [4.69, 9.17) is 5.73 Å². The van der Waals surface area contributed by atoms with E-state index >= 15 is 0 Å². The van der Waals surface area contributed by atoms with E-state index in [9.17, 15) is 14.7 Å². The van der Waals surface area contributed by atoms with Crippen LogP contribution >= 0.6 is 11.8 Å². The Morgan fingerprint density at radius 1 is 1.60 bits per heavy atom. The first-order valence-electron chi connectivity index (χ1n) is 7.01. The van der Waals surface area contributed by atoms with E-state index in [0.717, 1.165) is 18.7 Å². The van der Waals surface area contributed by atoms with Gasteiger partial charge < -0.3 is 15.7 Å². The standard InChI is InChI=1S/C13H19N3O3S/c1-7-3-2-4-15(7)5-8-6-20-12-9(14)11(17)16(12)10(8)13(18)19/h7,9,12H,2-6,14H2,1H3,(H,18,19)/p+1/t7?,9?,12-/m0/s1. The Balaban J connectivity index is 1.86. The van der Waals surface area contributed by atoms with Crippen LogP contribution in [0.15, 0.2) is 11.3 Å². The number of hydrogen-bond donors (Lipinski definition) is 3. The predicted molar refractivity (Wildman–Crippen MR) is 75.1 cm³/mol. The zero-order chi connectivity index (χ0) is 14.4. The highest BCUT2D eigenvalue weighted by atomic mass is 32.2. The van der Waals surface area contributed by atoms with Crippen molar-refractivity contribution in [2.75, 3.05) is 18.8 Å². The molecule has 110 valence electrons. The monoisotopic (exact) mass is 298 g/mol. The van der Waals surface area contributed by atoms with E-state index in [1.807, 2.05) is 0 Å². The van der Waals surface area contributed by atoms with Gasteiger partial charge in [-0.15, -0.1) is 11.8 Å². The minimum atomic E-state index is -1.00. The van der Waals surface area contributed by atoms with Crippen LogP contribution in [0.4, 0.5) is 0 Å². The number of hydrogen-bond acceptors (Lipinski definition) is 4. The van der Waals surface area contributed by atoms with Crippen molar-refractivity contribution >= 4 is 23.6 Å². The number of amides is 1. The normalized spacial score (nSPS) is 36.9. The van der Waals surface area contributed by atoms with Crippen LogP contribution in [0.1, 0.15) is 19.8 Å². The summed E-state index contributed by atoms with van der Waals surface area (Å²) >= 11 is 1.58. The molecular formula is C13H20N3O3S+. The molecule has 3 aliphatic rings. The van der Waals surface area contributed by atoms with E-state index in [-0.39, 0.29) is 17.0 Å². The molecule has 0 saturated carbocycles. The van der Waals surface area contributed by atoms with Crippen molar-refractivity contribution in [3.05, 3.63) is 11.3 Å². The summed E-state index contributed by atoms with van der Waals surface area (Å²) in [6, 6.07) is 0.0172. The third-order valence-corrected chi connectivity index (χ3v) is 5.92. The fraction of sp³-hybridized carbons (Fsp3) is 0.692. The van der Waals surface area contributed by atoms with Gasteiger partial charge in [-0.2, -0.15) is 0 Å². The molecule has 3 rings (SSSR count). The smallest absolute Gasteiger partial charge is 0.352 e. The zero-order valence-corrected chi connectivity index (χ0v) is 12.3. The quantitative estimate of drug-likeness (QED) is 0.560. The summed E-state index contributed by atoms with van der Waals surface area (Å²) in [5.74, 6) is -0.599. The molecule has 0 aliphatic carbocycles. The van der Waals surface area contributed by atoms with Crippen molar-refractivity contribution < 1.29 is 19.6 Å². The van der Waals surface area contributed by atoms with Gasteiger partial charge in [0.2, 0.25) is 5.91 Å². The van der Waals surface area contributed by atoms with Crippen molar-refractivity contribution in [1.82, 2.24) is 4.90 Å². The van der Waals surface area contributed by atoms with Gasteiger partial charge >= 0.3 is 5.97 Å². The van der Waals surface area contributed by atoms with Crippen LogP contribution in [0.3, 0.4) is 0 Å². The summed E-state index contributed by atoms with van der Waals surface area (Å²) in [7, 11) is 0. The third kappa shape index (κ3) is 2.04. The summed E-state index contributed by atoms with van der Waals surface area (Å²) in [5.41, 5.74) is 6.80. The Bertz CT molecular complexity index is 493. The maximum absolute atomic E-state index is 11.8. The molecule has 4 atom stereocenters. The SMILES string of the molecule is CC1CCC[NH+]1CC1=C(C(=O)O)N2C(=O)C(N)[C@@H]2SC1. The summed E-state index contributed by atoms with van der Waals surface area (Å²) in [5, 5.41) is 9.27. The number of carboxylic acids is 1. The Hall–Kier alpha value is -1.05. The Morgan fingerprint density at radius 2 is 2.35 bits per heavy atom. The second-order valence-corrected chi connectivity index (χ2v) is 6.93. The Kier molecular flexibility index (Phi) is 3.51. The van der Waals surface area contributed by atoms with Crippen molar-refractivity contribution in [1.29, 1.82) is 0 Å². The molecule has 1 amide bonds. The average Bonchev–Trinajstić information content (AvgIpc) is 2.82. The molecule has 3 aliphatic heterocycles. The number of β-lactam (4-membered cyclic amide) rings is 1. The predicted octanol–water partition coefficient (Wildman–Crippen LogP) is -1.37. The lowest BCUT2D eigenvalue weighted by Gasteiger charge is -2.48. The lowest BCUT2D eigenvalue weighted by atomic mass is 10.0. The molecule has 4 N–H and O–H groups in total. The van der Waals surface area contributed by atoms with E-state index in [1.54, 1.807) is 11.8 Å². The van der Waals surface area contributed by atoms with Crippen molar-refractivity contribution in [2.45, 2.75) is 37.2 Å². The summed E-state index contributed by atoms with van der Waals surface area (Å²) in [4.78, 5) is 26.2. The number of nitrogens with two attached hydrogens (primary N) is 1. The fourth-order valence-corrected chi connectivity index (χ4v) is 4.63. The molecule has 0 aromatic heterocycles. The minimum absolute atomic E-state index is 0.187. The molecule has 3 heterocycles. The van der Waals surface area contributed by atoms with Gasteiger partial charge in [0, 0.05) is 24.2 Å². The molecule has 0 spiro atoms. The Morgan fingerprint density at radius 3 is 2.95 bits per heavy atom. The number of carboxylic acid groups (broad SMARTS) is 1. The molecule has 2 fully saturated rings. The molecule has 0 bridgehead atoms. The van der Waals surface area contributed by atoms with E-state index in [2.05, 4.69) is 6.92 Å². The highest BCUT2D eigenvalue weighted by Crippen LogP contribution is 2.39. The van der Waals surface area contributed by atoms with Gasteiger partial charge in [-0.3, -0.25) is 9.69 Å². The number of quaternary nitrogens is 1.